The molecule has 1 aliphatic heterocycles. The highest BCUT2D eigenvalue weighted by Gasteiger charge is 2.32. The number of ether oxygens (including phenoxy) is 1. The van der Waals surface area contributed by atoms with Crippen molar-refractivity contribution in [2.75, 3.05) is 29.9 Å². The smallest absolute Gasteiger partial charge is 0.414 e. The molecule has 0 radical (unpaired) electrons. The largest absolute Gasteiger partial charge is 0.442 e. The fourth-order valence-corrected chi connectivity index (χ4v) is 2.81. The molecule has 3 rings (SSSR count). The fraction of sp³-hybridized carbons (Fsp3) is 0.263. The topological polar surface area (TPSA) is 121 Å². The van der Waals surface area contributed by atoms with Crippen LogP contribution in [0.1, 0.15) is 6.92 Å². The van der Waals surface area contributed by atoms with Crippen LogP contribution < -0.4 is 15.5 Å². The third-order valence-corrected chi connectivity index (χ3v) is 4.20. The van der Waals surface area contributed by atoms with Crippen molar-refractivity contribution in [3.8, 4) is 11.1 Å². The van der Waals surface area contributed by atoms with Gasteiger partial charge in [-0.05, 0) is 30.3 Å². The van der Waals surface area contributed by atoms with Crippen LogP contribution in [0.4, 0.5) is 20.7 Å². The second-order valence-electron chi connectivity index (χ2n) is 6.36. The van der Waals surface area contributed by atoms with Crippen molar-refractivity contribution in [3.63, 3.8) is 0 Å². The Kier molecular flexibility index (Phi) is 6.03. The number of halogens is 1. The third-order valence-electron chi connectivity index (χ3n) is 4.20. The summed E-state index contributed by atoms with van der Waals surface area (Å²) in [5, 5.41) is 13.7. The molecule has 10 heteroatoms. The Hall–Kier alpha value is -3.53. The first-order valence-corrected chi connectivity index (χ1v) is 8.76. The van der Waals surface area contributed by atoms with E-state index in [1.165, 1.54) is 36.2 Å². The molecule has 2 aromatic rings. The molecule has 3 N–H and O–H groups in total. The lowest BCUT2D eigenvalue weighted by atomic mass is 10.1. The lowest BCUT2D eigenvalue weighted by Gasteiger charge is -2.14. The van der Waals surface area contributed by atoms with Crippen molar-refractivity contribution in [2.24, 2.45) is 0 Å². The van der Waals surface area contributed by atoms with Crippen LogP contribution in [-0.4, -0.2) is 53.8 Å². The van der Waals surface area contributed by atoms with Gasteiger partial charge in [-0.3, -0.25) is 14.5 Å². The van der Waals surface area contributed by atoms with Crippen LogP contribution >= 0.6 is 0 Å². The molecule has 3 amide bonds. The zero-order valence-corrected chi connectivity index (χ0v) is 15.5. The maximum Gasteiger partial charge on any atom is 0.414 e. The molecule has 0 saturated carbocycles. The third kappa shape index (κ3) is 4.85. The molecule has 1 saturated heterocycles. The first-order valence-electron chi connectivity index (χ1n) is 8.76. The average Bonchev–Trinajstić information content (AvgIpc) is 3.07. The van der Waals surface area contributed by atoms with Gasteiger partial charge in [-0.15, -0.1) is 0 Å². The van der Waals surface area contributed by atoms with Crippen molar-refractivity contribution >= 4 is 29.4 Å². The molecule has 0 aliphatic carbocycles. The first-order chi connectivity index (χ1) is 13.9. The van der Waals surface area contributed by atoms with Crippen LogP contribution in [0.3, 0.4) is 0 Å². The number of amides is 3. The number of cyclic esters (lactones) is 1. The molecular weight excluding hydrogens is 383 g/mol. The summed E-state index contributed by atoms with van der Waals surface area (Å²) in [4.78, 5) is 39.5. The number of pyridine rings is 1. The molecule has 2 heterocycles. The minimum absolute atomic E-state index is 0.184. The maximum atomic E-state index is 14.7. The summed E-state index contributed by atoms with van der Waals surface area (Å²) in [6.07, 6.45) is 0.261. The SMILES string of the molecule is CC(=O)NC[C@H]1CN(c2ccc(-c3ccc(NC(=O)CO)nc3)c(F)c2)C(=O)O1. The predicted octanol–water partition coefficient (Wildman–Crippen LogP) is 1.28. The number of aliphatic hydroxyl groups excluding tert-OH is 1. The standard InChI is InChI=1S/C19H19FN4O5/c1-11(26)21-8-14-9-24(19(28)29-14)13-3-4-15(16(20)6-13)12-2-5-17(22-7-12)23-18(27)10-25/h2-7,14,25H,8-10H2,1H3,(H,21,26)(H,22,23,27)/t14-/m0/s1. The van der Waals surface area contributed by atoms with Crippen LogP contribution in [0.5, 0.6) is 0 Å². The molecule has 1 atom stereocenters. The number of nitrogens with one attached hydrogen (secondary N) is 2. The zero-order valence-electron chi connectivity index (χ0n) is 15.5. The van der Waals surface area contributed by atoms with E-state index in [4.69, 9.17) is 9.84 Å². The first kappa shape index (κ1) is 20.2. The summed E-state index contributed by atoms with van der Waals surface area (Å²) >= 11 is 0. The van der Waals surface area contributed by atoms with Gasteiger partial charge in [-0.25, -0.2) is 14.2 Å². The number of anilines is 2. The maximum absolute atomic E-state index is 14.7. The van der Waals surface area contributed by atoms with Crippen molar-refractivity contribution in [1.29, 1.82) is 0 Å². The Morgan fingerprint density at radius 3 is 2.76 bits per heavy atom. The van der Waals surface area contributed by atoms with Gasteiger partial charge >= 0.3 is 6.09 Å². The molecular formula is C19H19FN4O5. The number of aromatic nitrogens is 1. The quantitative estimate of drug-likeness (QED) is 0.669. The highest BCUT2D eigenvalue weighted by Crippen LogP contribution is 2.29. The van der Waals surface area contributed by atoms with Crippen LogP contribution in [0, 0.1) is 5.82 Å². The number of aliphatic hydroxyl groups is 1. The summed E-state index contributed by atoms with van der Waals surface area (Å²) in [7, 11) is 0. The van der Waals surface area contributed by atoms with E-state index >= 15 is 0 Å². The van der Waals surface area contributed by atoms with Gasteiger partial charge in [0, 0.05) is 24.2 Å². The van der Waals surface area contributed by atoms with Gasteiger partial charge in [0.1, 0.15) is 24.3 Å². The Bertz CT molecular complexity index is 935. The predicted molar refractivity (Wildman–Crippen MR) is 102 cm³/mol. The fourth-order valence-electron chi connectivity index (χ4n) is 2.81. The van der Waals surface area contributed by atoms with Crippen LogP contribution in [0.25, 0.3) is 11.1 Å². The molecule has 152 valence electrons. The van der Waals surface area contributed by atoms with Crippen molar-refractivity contribution in [2.45, 2.75) is 13.0 Å². The van der Waals surface area contributed by atoms with Crippen LogP contribution in [0.15, 0.2) is 36.5 Å². The van der Waals surface area contributed by atoms with Gasteiger partial charge in [-0.1, -0.05) is 0 Å². The highest BCUT2D eigenvalue weighted by atomic mass is 19.1. The van der Waals surface area contributed by atoms with E-state index < -0.39 is 30.5 Å². The summed E-state index contributed by atoms with van der Waals surface area (Å²) in [6, 6.07) is 7.38. The van der Waals surface area contributed by atoms with E-state index in [0.29, 0.717) is 11.3 Å². The normalized spacial score (nSPS) is 15.8. The Balaban J connectivity index is 1.72. The Morgan fingerprint density at radius 2 is 2.14 bits per heavy atom. The molecule has 9 nitrogen and oxygen atoms in total. The molecule has 1 aromatic heterocycles. The van der Waals surface area contributed by atoms with E-state index in [1.807, 2.05) is 0 Å². The molecule has 1 aromatic carbocycles. The Morgan fingerprint density at radius 1 is 1.34 bits per heavy atom. The molecule has 0 bridgehead atoms. The summed E-state index contributed by atoms with van der Waals surface area (Å²) in [5.74, 6) is -1.16. The van der Waals surface area contributed by atoms with Gasteiger partial charge < -0.3 is 20.5 Å². The van der Waals surface area contributed by atoms with E-state index in [2.05, 4.69) is 15.6 Å². The molecule has 29 heavy (non-hydrogen) atoms. The molecule has 1 fully saturated rings. The van der Waals surface area contributed by atoms with E-state index in [-0.39, 0.29) is 30.4 Å². The molecule has 1 aliphatic rings. The van der Waals surface area contributed by atoms with Gasteiger partial charge in [0.25, 0.3) is 5.91 Å². The summed E-state index contributed by atoms with van der Waals surface area (Å²) in [6.45, 7) is 1.08. The van der Waals surface area contributed by atoms with Gasteiger partial charge in [0.2, 0.25) is 5.91 Å². The van der Waals surface area contributed by atoms with Gasteiger partial charge in [0.05, 0.1) is 18.8 Å². The van der Waals surface area contributed by atoms with E-state index in [0.717, 1.165) is 0 Å². The van der Waals surface area contributed by atoms with E-state index in [1.54, 1.807) is 12.1 Å². The zero-order chi connectivity index (χ0) is 21.0. The number of carbonyl (C=O) groups is 3. The van der Waals surface area contributed by atoms with Crippen molar-refractivity contribution in [1.82, 2.24) is 10.3 Å². The lowest BCUT2D eigenvalue weighted by molar-refractivity contribution is -0.119. The number of rotatable bonds is 6. The van der Waals surface area contributed by atoms with Gasteiger partial charge in [0.15, 0.2) is 0 Å². The van der Waals surface area contributed by atoms with Crippen molar-refractivity contribution < 1.29 is 28.6 Å². The Labute approximate surface area is 165 Å². The minimum Gasteiger partial charge on any atom is -0.442 e. The summed E-state index contributed by atoms with van der Waals surface area (Å²) < 4.78 is 19.8. The van der Waals surface area contributed by atoms with Crippen molar-refractivity contribution in [3.05, 3.63) is 42.3 Å². The van der Waals surface area contributed by atoms with Crippen LogP contribution in [-0.2, 0) is 14.3 Å². The average molecular weight is 402 g/mol. The highest BCUT2D eigenvalue weighted by molar-refractivity contribution is 5.91. The summed E-state index contributed by atoms with van der Waals surface area (Å²) in [5.41, 5.74) is 1.08. The second-order valence-corrected chi connectivity index (χ2v) is 6.36. The number of carbonyl (C=O) groups excluding carboxylic acids is 3. The second kappa shape index (κ2) is 8.65. The molecule has 0 spiro atoms. The lowest BCUT2D eigenvalue weighted by Crippen LogP contribution is -2.33. The molecule has 0 unspecified atom stereocenters. The van der Waals surface area contributed by atoms with E-state index in [9.17, 15) is 18.8 Å². The number of hydrogen-bond acceptors (Lipinski definition) is 6. The van der Waals surface area contributed by atoms with Gasteiger partial charge in [-0.2, -0.15) is 0 Å². The monoisotopic (exact) mass is 402 g/mol. The number of nitrogens with zero attached hydrogens (tertiary/aromatic N) is 2. The minimum atomic E-state index is -0.663. The number of benzene rings is 1. The number of hydrogen-bond donors (Lipinski definition) is 3. The van der Waals surface area contributed by atoms with Crippen LogP contribution in [0.2, 0.25) is 0 Å².